The number of nitrogens with two attached hydrogens (primary N) is 1. The highest BCUT2D eigenvalue weighted by molar-refractivity contribution is 5.68. The molecule has 5 saturated heterocycles. The van der Waals surface area contributed by atoms with E-state index in [1.807, 2.05) is 116 Å². The third-order valence-electron chi connectivity index (χ3n) is 15.3. The zero-order chi connectivity index (χ0) is 52.0. The number of fused-ring (bicyclic) bond motifs is 2. The highest BCUT2D eigenvalue weighted by atomic mass is 16.8. The second-order valence-electron chi connectivity index (χ2n) is 20.5. The average molecular weight is 1040 g/mol. The highest BCUT2D eigenvalue weighted by Gasteiger charge is 2.56. The number of alkyl carbamates (subject to hydrolysis) is 2. The molecule has 0 radical (unpaired) electrons. The first kappa shape index (κ1) is 53.3. The number of hydrogen-bond acceptors (Lipinski definition) is 17. The van der Waals surface area contributed by atoms with Crippen LogP contribution in [-0.2, 0) is 60.6 Å². The molecule has 19 heteroatoms. The summed E-state index contributed by atoms with van der Waals surface area (Å²) in [5.41, 5.74) is 10.0. The molecule has 0 spiro atoms. The van der Waals surface area contributed by atoms with Gasteiger partial charge in [0.05, 0.1) is 55.4 Å². The summed E-state index contributed by atoms with van der Waals surface area (Å²) in [5, 5.41) is 52.4. The van der Waals surface area contributed by atoms with Gasteiger partial charge in [0.15, 0.2) is 18.9 Å². The minimum atomic E-state index is -1.63. The van der Waals surface area contributed by atoms with Crippen molar-refractivity contribution in [2.45, 2.75) is 175 Å². The monoisotopic (exact) mass is 1040 g/mol. The van der Waals surface area contributed by atoms with Crippen molar-refractivity contribution in [3.63, 3.8) is 0 Å². The van der Waals surface area contributed by atoms with E-state index in [9.17, 15) is 30.0 Å². The largest absolute Gasteiger partial charge is 0.445 e. The van der Waals surface area contributed by atoms with E-state index in [-0.39, 0.29) is 31.3 Å². The smallest absolute Gasteiger partial charge is 0.407 e. The molecule has 5 heterocycles. The zero-order valence-electron chi connectivity index (χ0n) is 41.7. The zero-order valence-corrected chi connectivity index (χ0v) is 41.7. The summed E-state index contributed by atoms with van der Waals surface area (Å²) in [4.78, 5) is 26.9. The van der Waals surface area contributed by atoms with E-state index < -0.39 is 123 Å². The van der Waals surface area contributed by atoms with Crippen molar-refractivity contribution in [1.82, 2.24) is 10.6 Å². The van der Waals surface area contributed by atoms with Gasteiger partial charge in [-0.25, -0.2) is 9.59 Å². The Morgan fingerprint density at radius 2 is 1.09 bits per heavy atom. The first-order valence-electron chi connectivity index (χ1n) is 26.2. The molecule has 4 aromatic carbocycles. The Bertz CT molecular complexity index is 2430. The van der Waals surface area contributed by atoms with Crippen LogP contribution in [0.1, 0.15) is 79.9 Å². The molecule has 10 rings (SSSR count). The molecular formula is C56H69N3O16. The van der Waals surface area contributed by atoms with Crippen LogP contribution < -0.4 is 16.4 Å². The lowest BCUT2D eigenvalue weighted by Gasteiger charge is -2.49. The molecule has 5 aliphatic heterocycles. The van der Waals surface area contributed by atoms with Gasteiger partial charge in [-0.2, -0.15) is 0 Å². The van der Waals surface area contributed by atoms with Crippen LogP contribution in [0.15, 0.2) is 121 Å². The number of nitrogens with one attached hydrogen (secondary N) is 2. The number of hydrogen-bond donors (Lipinski definition) is 7. The highest BCUT2D eigenvalue weighted by Crippen LogP contribution is 2.42. The number of rotatable bonds is 15. The van der Waals surface area contributed by atoms with E-state index in [1.54, 1.807) is 12.1 Å². The first-order valence-corrected chi connectivity index (χ1v) is 26.2. The van der Waals surface area contributed by atoms with Gasteiger partial charge in [0, 0.05) is 12.5 Å². The molecule has 75 heavy (non-hydrogen) atoms. The third kappa shape index (κ3) is 12.5. The second-order valence-corrected chi connectivity index (χ2v) is 20.5. The lowest BCUT2D eigenvalue weighted by atomic mass is 9.80. The van der Waals surface area contributed by atoms with Crippen LogP contribution in [0.5, 0.6) is 0 Å². The van der Waals surface area contributed by atoms with E-state index in [2.05, 4.69) is 10.6 Å². The topological polar surface area (TPSA) is 257 Å². The summed E-state index contributed by atoms with van der Waals surface area (Å²) < 4.78 is 63.4. The molecule has 1 aliphatic carbocycles. The molecule has 19 nitrogen and oxygen atoms in total. The van der Waals surface area contributed by atoms with Gasteiger partial charge >= 0.3 is 12.2 Å². The van der Waals surface area contributed by atoms with E-state index in [0.29, 0.717) is 38.5 Å². The van der Waals surface area contributed by atoms with E-state index in [0.717, 1.165) is 22.3 Å². The Hall–Kier alpha value is -5.10. The van der Waals surface area contributed by atoms with Crippen LogP contribution in [0.25, 0.3) is 0 Å². The quantitative estimate of drug-likeness (QED) is 0.0860. The van der Waals surface area contributed by atoms with Crippen LogP contribution >= 0.6 is 0 Å². The number of amides is 2. The Morgan fingerprint density at radius 3 is 1.71 bits per heavy atom. The summed E-state index contributed by atoms with van der Waals surface area (Å²) in [5.74, 6) is -0.359. The van der Waals surface area contributed by atoms with Crippen LogP contribution in [-0.4, -0.2) is 143 Å². The third-order valence-corrected chi connectivity index (χ3v) is 15.3. The lowest BCUT2D eigenvalue weighted by molar-refractivity contribution is -0.314. The predicted molar refractivity (Wildman–Crippen MR) is 266 cm³/mol. The fourth-order valence-electron chi connectivity index (χ4n) is 11.4. The van der Waals surface area contributed by atoms with Crippen LogP contribution in [0.3, 0.4) is 0 Å². The Labute approximate surface area is 435 Å². The maximum absolute atomic E-state index is 13.5. The van der Waals surface area contributed by atoms with Crippen molar-refractivity contribution >= 4 is 12.2 Å². The van der Waals surface area contributed by atoms with Crippen LogP contribution in [0.4, 0.5) is 9.59 Å². The van der Waals surface area contributed by atoms with Crippen molar-refractivity contribution < 1.29 is 77.4 Å². The SMILES string of the molecule is C[C@H]1C[C@@H](N)[C@H](O)[C@@H](O[C@@H]2O[C@H](CO)[C@@H](O[C@H]3O[C@H]4CCC(c5ccccc5)O[C@H]4[C@H](O)[C@H]3NC(=O)OCc3ccccc3)[C@H]2O)[C@@H]1O[C@H]1O[C@@H]2CCC(c3ccccc3)O[C@H]2CC1NC(=O)OCc1ccccc1. The van der Waals surface area contributed by atoms with Gasteiger partial charge in [-0.15, -0.1) is 0 Å². The van der Waals surface area contributed by atoms with Gasteiger partial charge in [-0.1, -0.05) is 128 Å². The van der Waals surface area contributed by atoms with E-state index >= 15 is 0 Å². The standard InChI is InChI=1S/C56H69N3O16/c1-31-26-36(57)45(61)51(48(31)73-52-37(58-55(64)66-29-32-14-6-2-7-15-32)27-42-40(70-52)24-22-38(68-42)34-18-10-4-11-19-34)75-54-47(63)50(43(28-60)72-54)74-53-44(59-56(65)67-30-33-16-8-3-9-17-33)46(62)49-41(71-53)25-23-39(69-49)35-20-12-5-13-21-35/h2-21,31,36-54,60-63H,22-30,57H2,1H3,(H,58,64)(H,59,65)/t31-,36+,37?,38?,39?,40+,41-,42-,43+,44+,45-,46+,47+,48+,49+,50+,51+,52+,53+,54-/m0/s1. The number of ether oxygens (including phenoxy) is 10. The maximum Gasteiger partial charge on any atom is 0.407 e. The minimum absolute atomic E-state index is 0.0317. The summed E-state index contributed by atoms with van der Waals surface area (Å²) in [6, 6.07) is 35.1. The van der Waals surface area contributed by atoms with Crippen molar-refractivity contribution in [1.29, 1.82) is 0 Å². The van der Waals surface area contributed by atoms with Gasteiger partial charge in [0.2, 0.25) is 0 Å². The number of carbonyl (C=O) groups is 2. The molecule has 8 N–H and O–H groups in total. The van der Waals surface area contributed by atoms with Crippen molar-refractivity contribution in [2.24, 2.45) is 11.7 Å². The van der Waals surface area contributed by atoms with Crippen molar-refractivity contribution in [3.05, 3.63) is 144 Å². The summed E-state index contributed by atoms with van der Waals surface area (Å²) in [6.45, 7) is 1.22. The minimum Gasteiger partial charge on any atom is -0.445 e. The van der Waals surface area contributed by atoms with E-state index in [1.165, 1.54) is 0 Å². The molecule has 6 fully saturated rings. The molecule has 404 valence electrons. The molecule has 0 aromatic heterocycles. The van der Waals surface area contributed by atoms with Crippen molar-refractivity contribution in [2.75, 3.05) is 6.61 Å². The fraction of sp³-hybridized carbons (Fsp3) is 0.536. The number of aliphatic hydroxyl groups is 4. The molecule has 1 saturated carbocycles. The molecule has 3 unspecified atom stereocenters. The van der Waals surface area contributed by atoms with Gasteiger partial charge < -0.3 is 84.2 Å². The van der Waals surface area contributed by atoms with Gasteiger partial charge in [-0.3, -0.25) is 0 Å². The summed E-state index contributed by atoms with van der Waals surface area (Å²) >= 11 is 0. The maximum atomic E-state index is 13.5. The molecule has 2 amide bonds. The fourth-order valence-corrected chi connectivity index (χ4v) is 11.4. The Balaban J connectivity index is 0.850. The van der Waals surface area contributed by atoms with Crippen LogP contribution in [0.2, 0.25) is 0 Å². The van der Waals surface area contributed by atoms with Gasteiger partial charge in [0.25, 0.3) is 0 Å². The molecule has 6 aliphatic rings. The first-order chi connectivity index (χ1) is 36.5. The van der Waals surface area contributed by atoms with E-state index in [4.69, 9.17) is 53.1 Å². The summed E-state index contributed by atoms with van der Waals surface area (Å²) in [7, 11) is 0. The van der Waals surface area contributed by atoms with Crippen molar-refractivity contribution in [3.8, 4) is 0 Å². The number of aliphatic hydroxyl groups excluding tert-OH is 4. The summed E-state index contributed by atoms with van der Waals surface area (Å²) in [6.07, 6.45) is -14.6. The number of carbonyl (C=O) groups excluding carboxylic acids is 2. The Morgan fingerprint density at radius 1 is 0.560 bits per heavy atom. The number of benzene rings is 4. The van der Waals surface area contributed by atoms with Gasteiger partial charge in [-0.05, 0) is 60.3 Å². The van der Waals surface area contributed by atoms with Gasteiger partial charge in [0.1, 0.15) is 55.9 Å². The molecule has 4 aromatic rings. The molecule has 0 bridgehead atoms. The second kappa shape index (κ2) is 24.5. The van der Waals surface area contributed by atoms with Crippen LogP contribution in [0, 0.1) is 5.92 Å². The average Bonchev–Trinajstić information content (AvgIpc) is 3.74. The molecular weight excluding hydrogens is 971 g/mol. The lowest BCUT2D eigenvalue weighted by Crippen LogP contribution is -2.66. The molecule has 20 atom stereocenters. The normalized spacial score (nSPS) is 37.6. The predicted octanol–water partition coefficient (Wildman–Crippen LogP) is 4.58. The Kier molecular flexibility index (Phi) is 17.4.